The van der Waals surface area contributed by atoms with Crippen LogP contribution in [0.4, 0.5) is 0 Å². The van der Waals surface area contributed by atoms with Crippen molar-refractivity contribution >= 4 is 29.6 Å². The lowest BCUT2D eigenvalue weighted by Crippen LogP contribution is -2.57. The van der Waals surface area contributed by atoms with Crippen LogP contribution >= 0.6 is 0 Å². The van der Waals surface area contributed by atoms with E-state index in [0.717, 1.165) is 23.1 Å². The number of guanidine groups is 1. The fraction of sp³-hybridized carbons (Fsp3) is 0.429. The number of aromatic nitrogens is 2. The van der Waals surface area contributed by atoms with E-state index in [1.54, 1.807) is 6.20 Å². The number of carbonyl (C=O) groups is 4. The van der Waals surface area contributed by atoms with Gasteiger partial charge in [-0.3, -0.25) is 24.2 Å². The molecule has 3 rings (SSSR count). The Balaban J connectivity index is 1.78. The summed E-state index contributed by atoms with van der Waals surface area (Å²) in [7, 11) is 0. The number of imidazole rings is 1. The number of aromatic amines is 1. The van der Waals surface area contributed by atoms with Crippen molar-refractivity contribution < 1.29 is 19.2 Å². The van der Waals surface area contributed by atoms with E-state index in [-0.39, 0.29) is 49.5 Å². The fourth-order valence-corrected chi connectivity index (χ4v) is 5.11. The van der Waals surface area contributed by atoms with E-state index in [4.69, 9.17) is 17.2 Å². The van der Waals surface area contributed by atoms with Crippen LogP contribution < -0.4 is 33.2 Å². The van der Waals surface area contributed by atoms with Crippen molar-refractivity contribution in [1.29, 1.82) is 0 Å². The number of rotatable bonds is 18. The second-order valence-corrected chi connectivity index (χ2v) is 12.9. The minimum absolute atomic E-state index is 0.0734. The number of hydrogen-bond donors (Lipinski definition) is 7. The molecule has 13 heteroatoms. The van der Waals surface area contributed by atoms with Gasteiger partial charge in [0.1, 0.15) is 18.1 Å². The van der Waals surface area contributed by atoms with E-state index in [9.17, 15) is 19.2 Å². The van der Waals surface area contributed by atoms with E-state index in [1.807, 2.05) is 54.6 Å². The molecule has 0 unspecified atom stereocenters. The lowest BCUT2D eigenvalue weighted by molar-refractivity contribution is -0.133. The van der Waals surface area contributed by atoms with Crippen molar-refractivity contribution in [3.8, 4) is 0 Å². The molecule has 4 amide bonds. The van der Waals surface area contributed by atoms with Crippen LogP contribution in [0, 0.1) is 0 Å². The minimum Gasteiger partial charge on any atom is -0.370 e. The maximum atomic E-state index is 13.8. The van der Waals surface area contributed by atoms with Crippen LogP contribution in [0.25, 0.3) is 0 Å². The third kappa shape index (κ3) is 12.9. The lowest BCUT2D eigenvalue weighted by Gasteiger charge is -2.25. The zero-order valence-electron chi connectivity index (χ0n) is 28.0. The molecule has 0 radical (unpaired) electrons. The molecular weight excluding hydrogens is 610 g/mol. The Hall–Kier alpha value is -5.20. The topological polar surface area (TPSA) is 223 Å². The van der Waals surface area contributed by atoms with Gasteiger partial charge in [-0.1, -0.05) is 75.4 Å². The Kier molecular flexibility index (Phi) is 14.1. The SMILES string of the molecule is CC(C)(C)c1ccc(C[C@@H](NC(=O)[C@H](Cc2cnc[nH]2)NC(=O)CCCc2ccccc2)C(=O)N[C@@H](CCCN=C(N)N)C(N)=O)cc1. The summed E-state index contributed by atoms with van der Waals surface area (Å²) in [4.78, 5) is 63.7. The highest BCUT2D eigenvalue weighted by Crippen LogP contribution is 2.22. The summed E-state index contributed by atoms with van der Waals surface area (Å²) in [6, 6.07) is 14.5. The van der Waals surface area contributed by atoms with Gasteiger partial charge in [-0.15, -0.1) is 0 Å². The van der Waals surface area contributed by atoms with Crippen LogP contribution in [0.2, 0.25) is 0 Å². The third-order valence-electron chi connectivity index (χ3n) is 7.84. The third-order valence-corrected chi connectivity index (χ3v) is 7.84. The molecule has 0 bridgehead atoms. The van der Waals surface area contributed by atoms with Crippen molar-refractivity contribution in [3.63, 3.8) is 0 Å². The molecule has 0 fully saturated rings. The van der Waals surface area contributed by atoms with Crippen LogP contribution in [-0.2, 0) is 43.9 Å². The Bertz CT molecular complexity index is 1500. The van der Waals surface area contributed by atoms with Crippen LogP contribution in [0.5, 0.6) is 0 Å². The van der Waals surface area contributed by atoms with Gasteiger partial charge in [-0.05, 0) is 47.8 Å². The molecule has 0 aliphatic rings. The molecule has 0 saturated heterocycles. The zero-order chi connectivity index (χ0) is 35.1. The van der Waals surface area contributed by atoms with Gasteiger partial charge in [-0.2, -0.15) is 0 Å². The molecule has 0 saturated carbocycles. The predicted molar refractivity (Wildman–Crippen MR) is 185 cm³/mol. The molecule has 0 aliphatic carbocycles. The van der Waals surface area contributed by atoms with Gasteiger partial charge in [0.2, 0.25) is 23.6 Å². The van der Waals surface area contributed by atoms with Gasteiger partial charge in [-0.25, -0.2) is 4.98 Å². The number of carbonyl (C=O) groups excluding carboxylic acids is 4. The number of hydrogen-bond acceptors (Lipinski definition) is 6. The van der Waals surface area contributed by atoms with E-state index < -0.39 is 35.8 Å². The highest BCUT2D eigenvalue weighted by Gasteiger charge is 2.30. The second kappa shape index (κ2) is 18.2. The fourth-order valence-electron chi connectivity index (χ4n) is 5.11. The first-order chi connectivity index (χ1) is 22.8. The van der Waals surface area contributed by atoms with Gasteiger partial charge >= 0.3 is 0 Å². The molecule has 2 aromatic carbocycles. The molecular formula is C35H49N9O4. The summed E-state index contributed by atoms with van der Waals surface area (Å²) in [5.74, 6) is -2.26. The van der Waals surface area contributed by atoms with Crippen molar-refractivity contribution in [2.45, 2.75) is 89.3 Å². The van der Waals surface area contributed by atoms with Crippen molar-refractivity contribution in [2.75, 3.05) is 6.54 Å². The average Bonchev–Trinajstić information content (AvgIpc) is 3.55. The summed E-state index contributed by atoms with van der Waals surface area (Å²) in [6.45, 7) is 6.56. The average molecular weight is 660 g/mol. The van der Waals surface area contributed by atoms with Gasteiger partial charge in [0.15, 0.2) is 5.96 Å². The molecule has 1 heterocycles. The first-order valence-corrected chi connectivity index (χ1v) is 16.2. The number of primary amides is 1. The number of aliphatic imine (C=N–C) groups is 1. The molecule has 13 nitrogen and oxygen atoms in total. The maximum absolute atomic E-state index is 13.8. The number of benzene rings is 2. The van der Waals surface area contributed by atoms with Gasteiger partial charge in [0.05, 0.1) is 6.33 Å². The first kappa shape index (κ1) is 37.3. The summed E-state index contributed by atoms with van der Waals surface area (Å²) in [6.07, 6.45) is 5.42. The molecule has 48 heavy (non-hydrogen) atoms. The molecule has 0 aliphatic heterocycles. The van der Waals surface area contributed by atoms with Gasteiger partial charge in [0, 0.05) is 37.7 Å². The first-order valence-electron chi connectivity index (χ1n) is 16.2. The van der Waals surface area contributed by atoms with Crippen LogP contribution in [0.1, 0.15) is 68.8 Å². The number of nitrogens with two attached hydrogens (primary N) is 3. The standard InChI is InChI=1S/C35H49N9O4/c1-35(2,3)25-16-14-24(15-17-25)19-28(32(47)43-27(31(36)46)12-8-18-40-34(37)38)44-33(48)29(20-26-21-39-22-41-26)42-30(45)13-7-11-23-9-5-4-6-10-23/h4-6,9-10,14-17,21-22,27-29H,7-8,11-13,18-20H2,1-3H3,(H2,36,46)(H,39,41)(H,42,45)(H,43,47)(H,44,48)(H4,37,38,40)/t27-,28+,29-/m0/s1. The normalized spacial score (nSPS) is 13.1. The molecule has 258 valence electrons. The number of nitrogens with zero attached hydrogens (tertiary/aromatic N) is 2. The van der Waals surface area contributed by atoms with Crippen LogP contribution in [0.15, 0.2) is 72.1 Å². The second-order valence-electron chi connectivity index (χ2n) is 12.9. The van der Waals surface area contributed by atoms with Crippen LogP contribution in [0.3, 0.4) is 0 Å². The summed E-state index contributed by atoms with van der Waals surface area (Å²) >= 11 is 0. The predicted octanol–water partition coefficient (Wildman–Crippen LogP) is 1.51. The van der Waals surface area contributed by atoms with E-state index in [1.165, 1.54) is 6.33 Å². The highest BCUT2D eigenvalue weighted by molar-refractivity contribution is 5.94. The Labute approximate surface area is 281 Å². The van der Waals surface area contributed by atoms with Gasteiger partial charge in [0.25, 0.3) is 0 Å². The van der Waals surface area contributed by atoms with Gasteiger partial charge < -0.3 is 38.1 Å². The smallest absolute Gasteiger partial charge is 0.243 e. The summed E-state index contributed by atoms with van der Waals surface area (Å²) in [5.41, 5.74) is 20.0. The van der Waals surface area contributed by atoms with Crippen LogP contribution in [-0.4, -0.2) is 64.2 Å². The summed E-state index contributed by atoms with van der Waals surface area (Å²) < 4.78 is 0. The largest absolute Gasteiger partial charge is 0.370 e. The lowest BCUT2D eigenvalue weighted by atomic mass is 9.86. The Morgan fingerprint density at radius 2 is 1.46 bits per heavy atom. The molecule has 3 aromatic rings. The number of amides is 4. The van der Waals surface area contributed by atoms with Crippen molar-refractivity contribution in [1.82, 2.24) is 25.9 Å². The number of aryl methyl sites for hydroxylation is 1. The highest BCUT2D eigenvalue weighted by atomic mass is 16.2. The maximum Gasteiger partial charge on any atom is 0.243 e. The molecule has 10 N–H and O–H groups in total. The minimum atomic E-state index is -1.09. The monoisotopic (exact) mass is 659 g/mol. The quantitative estimate of drug-likeness (QED) is 0.0605. The number of H-pyrrole nitrogens is 1. The van der Waals surface area contributed by atoms with E-state index in [2.05, 4.69) is 51.7 Å². The Morgan fingerprint density at radius 1 is 0.812 bits per heavy atom. The van der Waals surface area contributed by atoms with E-state index in [0.29, 0.717) is 18.5 Å². The van der Waals surface area contributed by atoms with E-state index >= 15 is 0 Å². The number of nitrogens with one attached hydrogen (secondary N) is 4. The molecule has 1 aromatic heterocycles. The molecule has 0 spiro atoms. The molecule has 3 atom stereocenters. The summed E-state index contributed by atoms with van der Waals surface area (Å²) in [5, 5.41) is 8.36. The van der Waals surface area contributed by atoms with Crippen molar-refractivity contribution in [2.24, 2.45) is 22.2 Å². The Morgan fingerprint density at radius 3 is 2.04 bits per heavy atom. The zero-order valence-corrected chi connectivity index (χ0v) is 28.0. The van der Waals surface area contributed by atoms with Crippen molar-refractivity contribution in [3.05, 3.63) is 89.5 Å².